The summed E-state index contributed by atoms with van der Waals surface area (Å²) in [7, 11) is -3.96. The summed E-state index contributed by atoms with van der Waals surface area (Å²) < 4.78 is 36.8. The summed E-state index contributed by atoms with van der Waals surface area (Å²) in [5, 5.41) is 0. The third-order valence-corrected chi connectivity index (χ3v) is 3.12. The van der Waals surface area contributed by atoms with Crippen LogP contribution in [-0.2, 0) is 14.9 Å². The molecular weight excluding hydrogens is 298 g/mol. The van der Waals surface area contributed by atoms with Crippen LogP contribution < -0.4 is 19.9 Å². The van der Waals surface area contributed by atoms with Crippen molar-refractivity contribution >= 4 is 22.0 Å². The van der Waals surface area contributed by atoms with Crippen LogP contribution in [0.5, 0.6) is 5.75 Å². The van der Waals surface area contributed by atoms with Gasteiger partial charge >= 0.3 is 16.3 Å². The van der Waals surface area contributed by atoms with Crippen LogP contribution >= 0.6 is 0 Å². The number of benzene rings is 1. The molecule has 1 amide bonds. The lowest BCUT2D eigenvalue weighted by molar-refractivity contribution is 0.121. The van der Waals surface area contributed by atoms with E-state index in [4.69, 9.17) is 10.5 Å². The molecule has 0 aliphatic carbocycles. The molecule has 0 aromatic heterocycles. The predicted octanol–water partition coefficient (Wildman–Crippen LogP) is 0.617. The Morgan fingerprint density at radius 1 is 1.29 bits per heavy atom. The molecule has 21 heavy (non-hydrogen) atoms. The van der Waals surface area contributed by atoms with Gasteiger partial charge in [0.15, 0.2) is 0 Å². The highest BCUT2D eigenvalue weighted by atomic mass is 32.2. The first-order valence-corrected chi connectivity index (χ1v) is 7.73. The van der Waals surface area contributed by atoms with E-state index in [0.29, 0.717) is 11.4 Å². The van der Waals surface area contributed by atoms with Gasteiger partial charge in [-0.15, -0.1) is 0 Å². The minimum Gasteiger partial charge on any atom is -0.492 e. The zero-order valence-corrected chi connectivity index (χ0v) is 12.6. The van der Waals surface area contributed by atoms with Crippen molar-refractivity contribution in [1.29, 1.82) is 0 Å². The van der Waals surface area contributed by atoms with Crippen LogP contribution in [0.25, 0.3) is 0 Å². The third kappa shape index (κ3) is 7.37. The molecule has 0 atom stereocenters. The number of rotatable bonds is 7. The molecule has 8 nitrogen and oxygen atoms in total. The van der Waals surface area contributed by atoms with E-state index in [-0.39, 0.29) is 13.2 Å². The number of nitrogen functional groups attached to an aromatic ring is 1. The van der Waals surface area contributed by atoms with Crippen molar-refractivity contribution in [2.75, 3.05) is 18.9 Å². The van der Waals surface area contributed by atoms with E-state index in [1.54, 1.807) is 42.8 Å². The second-order valence-electron chi connectivity index (χ2n) is 4.37. The average molecular weight is 317 g/mol. The number of nitrogens with two attached hydrogens (primary N) is 1. The first kappa shape index (κ1) is 17.1. The van der Waals surface area contributed by atoms with Gasteiger partial charge in [0, 0.05) is 12.2 Å². The molecule has 0 unspecified atom stereocenters. The first-order chi connectivity index (χ1) is 9.78. The van der Waals surface area contributed by atoms with E-state index in [0.717, 1.165) is 0 Å². The Morgan fingerprint density at radius 2 is 1.90 bits per heavy atom. The highest BCUT2D eigenvalue weighted by Gasteiger charge is 2.15. The van der Waals surface area contributed by atoms with Gasteiger partial charge in [-0.3, -0.25) is 0 Å². The Kier molecular flexibility index (Phi) is 6.25. The van der Waals surface area contributed by atoms with Gasteiger partial charge in [0.25, 0.3) is 0 Å². The van der Waals surface area contributed by atoms with Gasteiger partial charge in [-0.05, 0) is 38.1 Å². The van der Waals surface area contributed by atoms with Crippen molar-refractivity contribution in [3.8, 4) is 5.75 Å². The Bertz CT molecular complexity index is 557. The highest BCUT2D eigenvalue weighted by molar-refractivity contribution is 7.88. The summed E-state index contributed by atoms with van der Waals surface area (Å²) in [6, 6.07) is 6.68. The molecule has 0 spiro atoms. The molecule has 0 heterocycles. The number of anilines is 1. The lowest BCUT2D eigenvalue weighted by Gasteiger charge is -2.11. The smallest absolute Gasteiger partial charge is 0.422 e. The molecule has 1 rings (SSSR count). The number of carbonyl (C=O) groups is 1. The monoisotopic (exact) mass is 317 g/mol. The number of hydrogen-bond acceptors (Lipinski definition) is 6. The van der Waals surface area contributed by atoms with Gasteiger partial charge in [-0.1, -0.05) is 0 Å². The molecule has 0 saturated carbocycles. The van der Waals surface area contributed by atoms with Crippen LogP contribution in [0, 0.1) is 0 Å². The summed E-state index contributed by atoms with van der Waals surface area (Å²) >= 11 is 0. The molecule has 1 aromatic carbocycles. The predicted molar refractivity (Wildman–Crippen MR) is 78.0 cm³/mol. The summed E-state index contributed by atoms with van der Waals surface area (Å²) in [5.41, 5.74) is 6.13. The third-order valence-electron chi connectivity index (χ3n) is 2.10. The molecule has 0 aliphatic heterocycles. The fourth-order valence-corrected chi connectivity index (χ4v) is 1.98. The molecule has 0 bridgehead atoms. The van der Waals surface area contributed by atoms with Crippen LogP contribution in [0.3, 0.4) is 0 Å². The van der Waals surface area contributed by atoms with Crippen LogP contribution in [0.4, 0.5) is 10.5 Å². The molecule has 0 radical (unpaired) electrons. The standard InChI is InChI=1S/C12H19N3O5S/c1-9(2)20-12(16)15-21(17,18)14-7-8-19-11-5-3-10(13)4-6-11/h3-6,9,14H,7-8,13H2,1-2H3,(H,15,16). The van der Waals surface area contributed by atoms with E-state index in [1.165, 1.54) is 0 Å². The summed E-state index contributed by atoms with van der Waals surface area (Å²) in [6.07, 6.45) is -1.44. The second-order valence-corrected chi connectivity index (χ2v) is 5.87. The highest BCUT2D eigenvalue weighted by Crippen LogP contribution is 2.12. The lowest BCUT2D eigenvalue weighted by Crippen LogP contribution is -2.42. The van der Waals surface area contributed by atoms with E-state index in [9.17, 15) is 13.2 Å². The van der Waals surface area contributed by atoms with Gasteiger partial charge in [-0.25, -0.2) is 9.52 Å². The quantitative estimate of drug-likeness (QED) is 0.501. The van der Waals surface area contributed by atoms with Gasteiger partial charge in [-0.2, -0.15) is 13.1 Å². The average Bonchev–Trinajstić information content (AvgIpc) is 2.35. The van der Waals surface area contributed by atoms with Crippen molar-refractivity contribution in [3.63, 3.8) is 0 Å². The molecule has 4 N–H and O–H groups in total. The van der Waals surface area contributed by atoms with E-state index < -0.39 is 22.4 Å². The number of amides is 1. The van der Waals surface area contributed by atoms with E-state index in [1.807, 2.05) is 0 Å². The summed E-state index contributed by atoms with van der Waals surface area (Å²) in [5.74, 6) is 0.565. The molecule has 1 aromatic rings. The zero-order valence-electron chi connectivity index (χ0n) is 11.8. The molecule has 0 fully saturated rings. The van der Waals surface area contributed by atoms with Crippen molar-refractivity contribution in [2.24, 2.45) is 0 Å². The van der Waals surface area contributed by atoms with Gasteiger partial charge in [0.1, 0.15) is 12.4 Å². The van der Waals surface area contributed by atoms with Crippen molar-refractivity contribution in [2.45, 2.75) is 20.0 Å². The number of ether oxygens (including phenoxy) is 2. The second kappa shape index (κ2) is 7.70. The topological polar surface area (TPSA) is 120 Å². The summed E-state index contributed by atoms with van der Waals surface area (Å²) in [6.45, 7) is 3.32. The molecule has 0 aliphatic rings. The number of hydrogen-bond donors (Lipinski definition) is 3. The van der Waals surface area contributed by atoms with Crippen molar-refractivity contribution in [1.82, 2.24) is 9.44 Å². The van der Waals surface area contributed by atoms with Crippen LogP contribution in [0.2, 0.25) is 0 Å². The Hall–Kier alpha value is -2.00. The van der Waals surface area contributed by atoms with Crippen LogP contribution in [0.1, 0.15) is 13.8 Å². The molecule has 118 valence electrons. The maximum Gasteiger partial charge on any atom is 0.422 e. The number of nitrogens with one attached hydrogen (secondary N) is 2. The molecular formula is C12H19N3O5S. The van der Waals surface area contributed by atoms with Crippen LogP contribution in [-0.4, -0.2) is 33.8 Å². The van der Waals surface area contributed by atoms with Gasteiger partial charge < -0.3 is 15.2 Å². The maximum atomic E-state index is 11.5. The Morgan fingerprint density at radius 3 is 2.48 bits per heavy atom. The fraction of sp³-hybridized carbons (Fsp3) is 0.417. The largest absolute Gasteiger partial charge is 0.492 e. The first-order valence-electron chi connectivity index (χ1n) is 6.25. The Labute approximate surface area is 123 Å². The van der Waals surface area contributed by atoms with E-state index in [2.05, 4.69) is 9.46 Å². The lowest BCUT2D eigenvalue weighted by atomic mass is 10.3. The normalized spacial score (nSPS) is 11.2. The maximum absolute atomic E-state index is 11.5. The molecule has 0 saturated heterocycles. The summed E-state index contributed by atoms with van der Waals surface area (Å²) in [4.78, 5) is 11.2. The fourth-order valence-electron chi connectivity index (χ4n) is 1.29. The van der Waals surface area contributed by atoms with E-state index >= 15 is 0 Å². The molecule has 9 heteroatoms. The Balaban J connectivity index is 2.30. The number of carbonyl (C=O) groups excluding carboxylic acids is 1. The zero-order chi connectivity index (χ0) is 15.9. The van der Waals surface area contributed by atoms with Crippen molar-refractivity contribution in [3.05, 3.63) is 24.3 Å². The minimum absolute atomic E-state index is 0.00529. The van der Waals surface area contributed by atoms with Gasteiger partial charge in [0.2, 0.25) is 0 Å². The van der Waals surface area contributed by atoms with Crippen LogP contribution in [0.15, 0.2) is 24.3 Å². The van der Waals surface area contributed by atoms with Crippen molar-refractivity contribution < 1.29 is 22.7 Å². The van der Waals surface area contributed by atoms with Gasteiger partial charge in [0.05, 0.1) is 6.10 Å². The SMILES string of the molecule is CC(C)OC(=O)NS(=O)(=O)NCCOc1ccc(N)cc1. The minimum atomic E-state index is -3.96.